The van der Waals surface area contributed by atoms with Crippen molar-refractivity contribution in [1.29, 1.82) is 0 Å². The number of hydrogen-bond acceptors (Lipinski definition) is 1. The molecular weight excluding hydrogens is 174 g/mol. The van der Waals surface area contributed by atoms with Gasteiger partial charge in [0.05, 0.1) is 5.52 Å². The predicted octanol–water partition coefficient (Wildman–Crippen LogP) is 2.02. The van der Waals surface area contributed by atoms with Crippen LogP contribution in [0.5, 0.6) is 0 Å². The zero-order valence-electron chi connectivity index (χ0n) is 8.20. The molecule has 0 aliphatic carbocycles. The molecule has 1 aromatic heterocycles. The summed E-state index contributed by atoms with van der Waals surface area (Å²) in [5.74, 6) is 0. The average Bonchev–Trinajstić information content (AvgIpc) is 2.19. The molecule has 0 spiro atoms. The van der Waals surface area contributed by atoms with E-state index in [1.807, 2.05) is 30.5 Å². The fraction of sp³-hybridized carbons (Fsp3) is 0.182. The Labute approximate surface area is 82.2 Å². The van der Waals surface area contributed by atoms with Gasteiger partial charge in [-0.1, -0.05) is 37.2 Å². The number of nitrogens with zero attached hydrogens (tertiary/aromatic N) is 1. The summed E-state index contributed by atoms with van der Waals surface area (Å²) in [5.41, 5.74) is 1.06. The van der Waals surface area contributed by atoms with Crippen molar-refractivity contribution in [3.05, 3.63) is 42.6 Å². The van der Waals surface area contributed by atoms with Crippen molar-refractivity contribution in [2.75, 3.05) is 0 Å². The average molecular weight is 189 g/mol. The maximum Gasteiger partial charge on any atom is 0.0701 e. The third kappa shape index (κ3) is 2.99. The van der Waals surface area contributed by atoms with Crippen molar-refractivity contribution in [3.63, 3.8) is 0 Å². The quantitative estimate of drug-likeness (QED) is 0.578. The monoisotopic (exact) mass is 189 g/mol. The molecule has 0 bridgehead atoms. The van der Waals surface area contributed by atoms with Gasteiger partial charge in [0.1, 0.15) is 0 Å². The van der Waals surface area contributed by atoms with Gasteiger partial charge in [-0.3, -0.25) is 4.98 Å². The molecule has 0 fully saturated rings. The largest absolute Gasteiger partial charge is 0.256 e. The van der Waals surface area contributed by atoms with Crippen LogP contribution in [-0.4, -0.2) is 15.2 Å². The lowest BCUT2D eigenvalue weighted by atomic mass is 10.2. The van der Waals surface area contributed by atoms with Crippen molar-refractivity contribution >= 4 is 21.1 Å². The number of benzene rings is 1. The van der Waals surface area contributed by atoms with E-state index in [1.165, 1.54) is 21.7 Å². The maximum atomic E-state index is 4.18. The van der Waals surface area contributed by atoms with Crippen LogP contribution < -0.4 is 0 Å². The summed E-state index contributed by atoms with van der Waals surface area (Å²) < 4.78 is 0. The van der Waals surface area contributed by atoms with E-state index in [0.717, 1.165) is 5.52 Å². The van der Waals surface area contributed by atoms with Gasteiger partial charge in [-0.25, -0.2) is 0 Å². The molecule has 0 saturated heterocycles. The molecule has 0 amide bonds. The lowest BCUT2D eigenvalue weighted by molar-refractivity contribution is 1.41. The molecular formula is C11H15NSi. The number of hydrogen-bond donors (Lipinski definition) is 0. The highest BCUT2D eigenvalue weighted by molar-refractivity contribution is 6.08. The van der Waals surface area contributed by atoms with Crippen molar-refractivity contribution in [2.24, 2.45) is 0 Å². The van der Waals surface area contributed by atoms with E-state index < -0.39 is 0 Å². The SMILES string of the molecule is CC[SiH3].c1ccc2ncccc2c1. The van der Waals surface area contributed by atoms with Crippen LogP contribution in [0.25, 0.3) is 10.9 Å². The first kappa shape index (κ1) is 9.93. The summed E-state index contributed by atoms with van der Waals surface area (Å²) >= 11 is 0. The topological polar surface area (TPSA) is 12.9 Å². The summed E-state index contributed by atoms with van der Waals surface area (Å²) in [6.07, 6.45) is 1.81. The second kappa shape index (κ2) is 5.49. The molecule has 1 nitrogen and oxygen atoms in total. The first-order valence-electron chi connectivity index (χ1n) is 4.68. The molecule has 2 heteroatoms. The molecule has 0 aliphatic rings. The molecule has 0 radical (unpaired) electrons. The Hall–Kier alpha value is -1.15. The van der Waals surface area contributed by atoms with Crippen LogP contribution in [0.4, 0.5) is 0 Å². The summed E-state index contributed by atoms with van der Waals surface area (Å²) in [5, 5.41) is 1.20. The first-order valence-corrected chi connectivity index (χ1v) is 6.09. The van der Waals surface area contributed by atoms with Crippen molar-refractivity contribution < 1.29 is 0 Å². The maximum absolute atomic E-state index is 4.18. The summed E-state index contributed by atoms with van der Waals surface area (Å²) in [6.45, 7) is 2.19. The Bertz CT molecular complexity index is 294. The van der Waals surface area contributed by atoms with E-state index in [2.05, 4.69) is 24.0 Å². The molecule has 2 aromatic rings. The highest BCUT2D eigenvalue weighted by Gasteiger charge is 1.86. The molecule has 0 aliphatic heterocycles. The second-order valence-corrected chi connectivity index (χ2v) is 4.32. The van der Waals surface area contributed by atoms with Gasteiger partial charge in [0, 0.05) is 21.8 Å². The molecule has 0 unspecified atom stereocenters. The third-order valence-electron chi connectivity index (χ3n) is 1.51. The molecule has 2 rings (SSSR count). The Morgan fingerprint density at radius 2 is 1.77 bits per heavy atom. The van der Waals surface area contributed by atoms with Crippen LogP contribution in [0, 0.1) is 0 Å². The van der Waals surface area contributed by atoms with E-state index in [-0.39, 0.29) is 0 Å². The zero-order chi connectivity index (χ0) is 9.52. The van der Waals surface area contributed by atoms with E-state index in [4.69, 9.17) is 0 Å². The molecule has 1 heterocycles. The highest BCUT2D eigenvalue weighted by Crippen LogP contribution is 2.07. The molecule has 0 atom stereocenters. The van der Waals surface area contributed by atoms with E-state index in [0.29, 0.717) is 0 Å². The van der Waals surface area contributed by atoms with Crippen LogP contribution in [0.3, 0.4) is 0 Å². The number of pyridine rings is 1. The molecule has 13 heavy (non-hydrogen) atoms. The molecule has 68 valence electrons. The van der Waals surface area contributed by atoms with E-state index in [1.54, 1.807) is 0 Å². The highest BCUT2D eigenvalue weighted by atomic mass is 28.1. The van der Waals surface area contributed by atoms with E-state index >= 15 is 0 Å². The molecule has 1 aromatic carbocycles. The minimum atomic E-state index is 1.06. The summed E-state index contributed by atoms with van der Waals surface area (Å²) in [7, 11) is 1.37. The van der Waals surface area contributed by atoms with Gasteiger partial charge >= 0.3 is 0 Å². The zero-order valence-corrected chi connectivity index (χ0v) is 10.2. The first-order chi connectivity index (χ1) is 6.38. The number of rotatable bonds is 0. The Morgan fingerprint density at radius 3 is 2.46 bits per heavy atom. The smallest absolute Gasteiger partial charge is 0.0701 e. The standard InChI is InChI=1S/C9H7N.C2H8Si/c1-2-6-9-8(4-1)5-3-7-10-9;1-2-3/h1-7H;2H2,1,3H3. The Kier molecular flexibility index (Phi) is 4.19. The predicted molar refractivity (Wildman–Crippen MR) is 62.2 cm³/mol. The van der Waals surface area contributed by atoms with Crippen molar-refractivity contribution in [3.8, 4) is 0 Å². The lowest BCUT2D eigenvalue weighted by Gasteiger charge is -1.91. The van der Waals surface area contributed by atoms with Gasteiger partial charge in [-0.2, -0.15) is 0 Å². The summed E-state index contributed by atoms with van der Waals surface area (Å²) in [6, 6.07) is 13.5. The lowest BCUT2D eigenvalue weighted by Crippen LogP contribution is -1.73. The van der Waals surface area contributed by atoms with Gasteiger partial charge < -0.3 is 0 Å². The number of para-hydroxylation sites is 1. The van der Waals surface area contributed by atoms with Gasteiger partial charge in [0.15, 0.2) is 0 Å². The normalized spacial score (nSPS) is 9.31. The summed E-state index contributed by atoms with van der Waals surface area (Å²) in [4.78, 5) is 4.18. The number of fused-ring (bicyclic) bond motifs is 1. The Morgan fingerprint density at radius 1 is 1.15 bits per heavy atom. The van der Waals surface area contributed by atoms with Gasteiger partial charge in [-0.15, -0.1) is 0 Å². The van der Waals surface area contributed by atoms with Crippen LogP contribution in [0.2, 0.25) is 6.04 Å². The Balaban J connectivity index is 0.000000251. The fourth-order valence-electron chi connectivity index (χ4n) is 1.02. The van der Waals surface area contributed by atoms with Gasteiger partial charge in [0.25, 0.3) is 0 Å². The van der Waals surface area contributed by atoms with Crippen LogP contribution in [0.1, 0.15) is 6.92 Å². The van der Waals surface area contributed by atoms with Gasteiger partial charge in [0.2, 0.25) is 0 Å². The van der Waals surface area contributed by atoms with Crippen LogP contribution >= 0.6 is 0 Å². The van der Waals surface area contributed by atoms with Gasteiger partial charge in [-0.05, 0) is 12.1 Å². The fourth-order valence-corrected chi connectivity index (χ4v) is 1.02. The minimum absolute atomic E-state index is 1.06. The van der Waals surface area contributed by atoms with E-state index in [9.17, 15) is 0 Å². The van der Waals surface area contributed by atoms with Crippen LogP contribution in [-0.2, 0) is 0 Å². The molecule has 0 N–H and O–H groups in total. The minimum Gasteiger partial charge on any atom is -0.256 e. The number of aromatic nitrogens is 1. The van der Waals surface area contributed by atoms with Crippen molar-refractivity contribution in [2.45, 2.75) is 13.0 Å². The second-order valence-electron chi connectivity index (χ2n) is 2.90. The van der Waals surface area contributed by atoms with Crippen molar-refractivity contribution in [1.82, 2.24) is 4.98 Å². The third-order valence-corrected chi connectivity index (χ3v) is 1.51. The molecule has 0 saturated carbocycles. The van der Waals surface area contributed by atoms with Crippen LogP contribution in [0.15, 0.2) is 42.6 Å².